The van der Waals surface area contributed by atoms with Crippen LogP contribution in [0.15, 0.2) is 4.99 Å². The van der Waals surface area contributed by atoms with Gasteiger partial charge in [-0.1, -0.05) is 18.7 Å². The molecule has 0 atom stereocenters. The largest absolute Gasteiger partial charge is 0.453 e. The predicted molar refractivity (Wildman–Crippen MR) is 51.6 cm³/mol. The van der Waals surface area contributed by atoms with Gasteiger partial charge in [0.25, 0.3) is 0 Å². The van der Waals surface area contributed by atoms with E-state index in [4.69, 9.17) is 0 Å². The molecule has 1 N–H and O–H groups in total. The lowest BCUT2D eigenvalue weighted by molar-refractivity contribution is 0.177. The second-order valence-electron chi connectivity index (χ2n) is 2.01. The molecule has 0 unspecified atom stereocenters. The highest BCUT2D eigenvalue weighted by molar-refractivity contribution is 8.13. The Kier molecular flexibility index (Phi) is 6.55. The maximum absolute atomic E-state index is 10.7. The first-order valence-corrected chi connectivity index (χ1v) is 4.90. The Morgan fingerprint density at radius 2 is 2.33 bits per heavy atom. The van der Waals surface area contributed by atoms with Crippen LogP contribution < -0.4 is 5.32 Å². The lowest BCUT2D eigenvalue weighted by Gasteiger charge is -2.03. The number of rotatable bonds is 2. The minimum absolute atomic E-state index is 0.473. The van der Waals surface area contributed by atoms with Crippen LogP contribution in [0.25, 0.3) is 0 Å². The third kappa shape index (κ3) is 5.01. The molecule has 0 fully saturated rings. The Morgan fingerprint density at radius 1 is 1.67 bits per heavy atom. The molecular formula is C7H14N2O2S. The number of hydrogen-bond donors (Lipinski definition) is 1. The van der Waals surface area contributed by atoms with Gasteiger partial charge in [0, 0.05) is 6.54 Å². The van der Waals surface area contributed by atoms with E-state index in [9.17, 15) is 4.79 Å². The van der Waals surface area contributed by atoms with Gasteiger partial charge < -0.3 is 4.74 Å². The van der Waals surface area contributed by atoms with Crippen molar-refractivity contribution in [2.24, 2.45) is 4.99 Å². The lowest BCUT2D eigenvalue weighted by Crippen LogP contribution is -2.28. The fourth-order valence-corrected chi connectivity index (χ4v) is 0.913. The fourth-order valence-electron chi connectivity index (χ4n) is 0.507. The number of amides is 1. The van der Waals surface area contributed by atoms with E-state index < -0.39 is 6.09 Å². The number of ether oxygens (including phenoxy) is 1. The summed E-state index contributed by atoms with van der Waals surface area (Å²) in [5, 5.41) is 3.10. The van der Waals surface area contributed by atoms with Crippen LogP contribution in [-0.4, -0.2) is 31.2 Å². The van der Waals surface area contributed by atoms with Crippen molar-refractivity contribution in [3.63, 3.8) is 0 Å². The summed E-state index contributed by atoms with van der Waals surface area (Å²) in [6.07, 6.45) is 2.34. The highest BCUT2D eigenvalue weighted by atomic mass is 32.2. The molecule has 0 aliphatic heterocycles. The Bertz CT molecular complexity index is 171. The first-order chi connectivity index (χ1) is 5.74. The molecule has 70 valence electrons. The number of thioether (sulfide) groups is 1. The molecule has 0 aromatic carbocycles. The van der Waals surface area contributed by atoms with E-state index in [-0.39, 0.29) is 0 Å². The SMILES string of the molecule is CCC/N=C(/NC(=O)OC)SC. The number of nitrogens with one attached hydrogen (secondary N) is 1. The van der Waals surface area contributed by atoms with Crippen LogP contribution in [-0.2, 0) is 4.74 Å². The smallest absolute Gasteiger partial charge is 0.412 e. The van der Waals surface area contributed by atoms with Gasteiger partial charge in [-0.2, -0.15) is 0 Å². The molecule has 0 aliphatic carbocycles. The van der Waals surface area contributed by atoms with Gasteiger partial charge in [-0.15, -0.1) is 0 Å². The van der Waals surface area contributed by atoms with Crippen LogP contribution in [0.2, 0.25) is 0 Å². The number of hydrogen-bond acceptors (Lipinski definition) is 4. The van der Waals surface area contributed by atoms with Gasteiger partial charge in [0.15, 0.2) is 5.17 Å². The number of aliphatic imine (C=N–C) groups is 1. The molecule has 0 saturated carbocycles. The van der Waals surface area contributed by atoms with E-state index >= 15 is 0 Å². The van der Waals surface area contributed by atoms with E-state index in [1.165, 1.54) is 18.9 Å². The van der Waals surface area contributed by atoms with Crippen LogP contribution in [0.4, 0.5) is 4.79 Å². The zero-order chi connectivity index (χ0) is 9.40. The lowest BCUT2D eigenvalue weighted by atomic mass is 10.5. The summed E-state index contributed by atoms with van der Waals surface area (Å²) in [4.78, 5) is 14.8. The average molecular weight is 190 g/mol. The number of nitrogens with zero attached hydrogens (tertiary/aromatic N) is 1. The molecule has 12 heavy (non-hydrogen) atoms. The van der Waals surface area contributed by atoms with Crippen molar-refractivity contribution in [2.75, 3.05) is 19.9 Å². The van der Waals surface area contributed by atoms with E-state index in [2.05, 4.69) is 15.0 Å². The maximum Gasteiger partial charge on any atom is 0.412 e. The average Bonchev–Trinajstić information content (AvgIpc) is 2.11. The number of methoxy groups -OCH3 is 1. The van der Waals surface area contributed by atoms with Gasteiger partial charge in [-0.05, 0) is 12.7 Å². The van der Waals surface area contributed by atoms with Gasteiger partial charge in [0.2, 0.25) is 0 Å². The van der Waals surface area contributed by atoms with E-state index in [1.54, 1.807) is 0 Å². The molecule has 0 spiro atoms. The topological polar surface area (TPSA) is 50.7 Å². The third-order valence-electron chi connectivity index (χ3n) is 1.07. The highest BCUT2D eigenvalue weighted by Gasteiger charge is 2.02. The minimum Gasteiger partial charge on any atom is -0.453 e. The first kappa shape index (κ1) is 11.3. The quantitative estimate of drug-likeness (QED) is 0.530. The summed E-state index contributed by atoms with van der Waals surface area (Å²) in [6.45, 7) is 2.75. The van der Waals surface area contributed by atoms with Crippen molar-refractivity contribution in [3.05, 3.63) is 0 Å². The zero-order valence-corrected chi connectivity index (χ0v) is 8.40. The molecular weight excluding hydrogens is 176 g/mol. The van der Waals surface area contributed by atoms with Crippen molar-refractivity contribution < 1.29 is 9.53 Å². The first-order valence-electron chi connectivity index (χ1n) is 3.68. The van der Waals surface area contributed by atoms with Crippen LogP contribution in [0.5, 0.6) is 0 Å². The molecule has 0 aromatic rings. The molecule has 4 nitrogen and oxygen atoms in total. The fraction of sp³-hybridized carbons (Fsp3) is 0.714. The highest BCUT2D eigenvalue weighted by Crippen LogP contribution is 1.95. The molecule has 0 bridgehead atoms. The van der Waals surface area contributed by atoms with Crippen molar-refractivity contribution >= 4 is 23.0 Å². The van der Waals surface area contributed by atoms with Gasteiger partial charge in [-0.25, -0.2) is 4.79 Å². The molecule has 0 heterocycles. The van der Waals surface area contributed by atoms with Crippen molar-refractivity contribution in [1.29, 1.82) is 0 Å². The van der Waals surface area contributed by atoms with Crippen molar-refractivity contribution in [3.8, 4) is 0 Å². The van der Waals surface area contributed by atoms with Gasteiger partial charge in [0.05, 0.1) is 7.11 Å². The molecule has 0 saturated heterocycles. The summed E-state index contributed by atoms with van der Waals surface area (Å²) >= 11 is 1.39. The van der Waals surface area contributed by atoms with Gasteiger partial charge in [-0.3, -0.25) is 10.3 Å². The number of carbonyl (C=O) groups excluding carboxylic acids is 1. The van der Waals surface area contributed by atoms with Crippen LogP contribution in [0, 0.1) is 0 Å². The predicted octanol–water partition coefficient (Wildman–Crippen LogP) is 1.47. The molecule has 0 aliphatic rings. The van der Waals surface area contributed by atoms with Crippen molar-refractivity contribution in [2.45, 2.75) is 13.3 Å². The summed E-state index contributed by atoms with van der Waals surface area (Å²) in [6, 6.07) is 0. The molecule has 0 rings (SSSR count). The Morgan fingerprint density at radius 3 is 2.75 bits per heavy atom. The summed E-state index contributed by atoms with van der Waals surface area (Å²) in [5.74, 6) is 0. The second-order valence-corrected chi connectivity index (χ2v) is 2.80. The molecule has 0 aromatic heterocycles. The van der Waals surface area contributed by atoms with Crippen LogP contribution in [0.1, 0.15) is 13.3 Å². The minimum atomic E-state index is -0.473. The second kappa shape index (κ2) is 6.97. The van der Waals surface area contributed by atoms with E-state index in [0.717, 1.165) is 13.0 Å². The summed E-state index contributed by atoms with van der Waals surface area (Å²) in [5.41, 5.74) is 0. The molecule has 1 amide bonds. The third-order valence-corrected chi connectivity index (χ3v) is 1.68. The van der Waals surface area contributed by atoms with Crippen LogP contribution >= 0.6 is 11.8 Å². The van der Waals surface area contributed by atoms with Gasteiger partial charge in [0.1, 0.15) is 0 Å². The van der Waals surface area contributed by atoms with Crippen LogP contribution in [0.3, 0.4) is 0 Å². The normalized spacial score (nSPS) is 11.1. The molecule has 5 heteroatoms. The standard InChI is InChI=1S/C7H14N2O2S/c1-4-5-8-6(12-3)9-7(10)11-2/h4-5H2,1-3H3,(H,8,9,10). The number of alkyl carbamates (subject to hydrolysis) is 1. The molecule has 0 radical (unpaired) electrons. The Balaban J connectivity index is 3.89. The van der Waals surface area contributed by atoms with Crippen molar-refractivity contribution in [1.82, 2.24) is 5.32 Å². The Hall–Kier alpha value is -0.710. The summed E-state index contributed by atoms with van der Waals surface area (Å²) in [7, 11) is 1.33. The van der Waals surface area contributed by atoms with E-state index in [1.807, 2.05) is 13.2 Å². The number of carbonyl (C=O) groups is 1. The maximum atomic E-state index is 10.7. The number of amidine groups is 1. The Labute approximate surface area is 76.8 Å². The summed E-state index contributed by atoms with van der Waals surface area (Å²) < 4.78 is 4.42. The van der Waals surface area contributed by atoms with Gasteiger partial charge >= 0.3 is 6.09 Å². The van der Waals surface area contributed by atoms with E-state index in [0.29, 0.717) is 5.17 Å². The monoisotopic (exact) mass is 190 g/mol. The zero-order valence-electron chi connectivity index (χ0n) is 7.59.